The number of benzene rings is 1. The van der Waals surface area contributed by atoms with E-state index in [1.165, 1.54) is 5.57 Å². The first-order chi connectivity index (χ1) is 16.1. The fraction of sp³-hybridized carbons (Fsp3) is 0.308. The van der Waals surface area contributed by atoms with Crippen molar-refractivity contribution in [2.75, 3.05) is 37.4 Å². The lowest BCUT2D eigenvalue weighted by Crippen LogP contribution is -2.42. The van der Waals surface area contributed by atoms with Gasteiger partial charge in [0.2, 0.25) is 0 Å². The van der Waals surface area contributed by atoms with Crippen LogP contribution in [0.15, 0.2) is 60.0 Å². The number of nitrogens with one attached hydrogen (secondary N) is 1. The van der Waals surface area contributed by atoms with Gasteiger partial charge in [0.25, 0.3) is 5.91 Å². The fourth-order valence-corrected chi connectivity index (χ4v) is 4.48. The van der Waals surface area contributed by atoms with E-state index in [9.17, 15) is 4.79 Å². The minimum absolute atomic E-state index is 0.184. The van der Waals surface area contributed by atoms with E-state index in [-0.39, 0.29) is 5.91 Å². The van der Waals surface area contributed by atoms with E-state index in [0.717, 1.165) is 54.5 Å². The van der Waals surface area contributed by atoms with Crippen LogP contribution in [0.5, 0.6) is 0 Å². The second kappa shape index (κ2) is 9.11. The summed E-state index contributed by atoms with van der Waals surface area (Å²) in [6.45, 7) is 1.88. The summed E-state index contributed by atoms with van der Waals surface area (Å²) in [7, 11) is 4.26. The molecule has 2 aliphatic rings. The van der Waals surface area contributed by atoms with Crippen molar-refractivity contribution in [3.8, 4) is 0 Å². The number of rotatable bonds is 5. The molecule has 7 nitrogen and oxygen atoms in total. The van der Waals surface area contributed by atoms with Crippen LogP contribution in [0.1, 0.15) is 35.2 Å². The number of allylic oxidation sites excluding steroid dienone is 1. The minimum Gasteiger partial charge on any atom is -0.356 e. The zero-order chi connectivity index (χ0) is 22.8. The molecule has 0 aliphatic carbocycles. The lowest BCUT2D eigenvalue weighted by Gasteiger charge is -2.35. The van der Waals surface area contributed by atoms with Gasteiger partial charge in [0, 0.05) is 61.3 Å². The molecule has 168 valence electrons. The number of pyridine rings is 2. The number of carbonyl (C=O) groups is 1. The van der Waals surface area contributed by atoms with Gasteiger partial charge in [-0.2, -0.15) is 0 Å². The molecule has 1 amide bonds. The number of hydrogen-bond donors (Lipinski definition) is 1. The highest BCUT2D eigenvalue weighted by Crippen LogP contribution is 2.26. The normalized spacial score (nSPS) is 16.5. The summed E-state index contributed by atoms with van der Waals surface area (Å²) in [5.74, 6) is 1.20. The SMILES string of the molecule is CN(C)C1CCN(c2cc(C(=O)Nc3cc4cc(C5=CN=CC5)ccc4cn3)ccn2)CC1. The van der Waals surface area contributed by atoms with Crippen molar-refractivity contribution < 1.29 is 4.79 Å². The number of anilines is 2. The van der Waals surface area contributed by atoms with Crippen molar-refractivity contribution in [1.82, 2.24) is 14.9 Å². The number of piperidine rings is 1. The number of nitrogens with zero attached hydrogens (tertiary/aromatic N) is 5. The van der Waals surface area contributed by atoms with Gasteiger partial charge in [-0.15, -0.1) is 0 Å². The Balaban J connectivity index is 1.30. The first-order valence-electron chi connectivity index (χ1n) is 11.4. The molecule has 0 unspecified atom stereocenters. The van der Waals surface area contributed by atoms with Crippen LogP contribution in [0, 0.1) is 0 Å². The van der Waals surface area contributed by atoms with Crippen LogP contribution in [0.3, 0.4) is 0 Å². The first kappa shape index (κ1) is 21.3. The first-order valence-corrected chi connectivity index (χ1v) is 11.4. The van der Waals surface area contributed by atoms with Gasteiger partial charge in [-0.1, -0.05) is 12.1 Å². The summed E-state index contributed by atoms with van der Waals surface area (Å²) in [5.41, 5.74) is 2.91. The van der Waals surface area contributed by atoms with Crippen molar-refractivity contribution in [3.63, 3.8) is 0 Å². The minimum atomic E-state index is -0.184. The van der Waals surface area contributed by atoms with Crippen LogP contribution < -0.4 is 10.2 Å². The van der Waals surface area contributed by atoms with Gasteiger partial charge in [-0.25, -0.2) is 9.97 Å². The van der Waals surface area contributed by atoms with E-state index >= 15 is 0 Å². The maximum Gasteiger partial charge on any atom is 0.257 e. The largest absolute Gasteiger partial charge is 0.356 e. The van der Waals surface area contributed by atoms with Gasteiger partial charge < -0.3 is 15.1 Å². The standard InChI is InChI=1S/C26H28N6O/c1-31(2)23-7-11-32(12-8-23)25-15-19(6-10-28-25)26(33)30-24-14-22-13-18(21-5-9-27-16-21)3-4-20(22)17-29-24/h3-4,6,9-10,13-17,23H,5,7-8,11-12H2,1-2H3,(H,29,30,33). The van der Waals surface area contributed by atoms with Crippen LogP contribution in [-0.2, 0) is 0 Å². The second-order valence-corrected chi connectivity index (χ2v) is 8.86. The number of aromatic nitrogens is 2. The van der Waals surface area contributed by atoms with E-state index < -0.39 is 0 Å². The lowest BCUT2D eigenvalue weighted by atomic mass is 10.0. The smallest absolute Gasteiger partial charge is 0.257 e. The molecule has 7 heteroatoms. The van der Waals surface area contributed by atoms with E-state index in [4.69, 9.17) is 0 Å². The molecule has 3 aromatic rings. The Bertz CT molecular complexity index is 1240. The third kappa shape index (κ3) is 4.64. The fourth-order valence-electron chi connectivity index (χ4n) is 4.48. The van der Waals surface area contributed by atoms with Gasteiger partial charge >= 0.3 is 0 Å². The molecule has 0 bridgehead atoms. The van der Waals surface area contributed by atoms with Crippen LogP contribution in [0.4, 0.5) is 11.6 Å². The monoisotopic (exact) mass is 440 g/mol. The maximum atomic E-state index is 13.0. The molecule has 0 spiro atoms. The Morgan fingerprint density at radius 1 is 1.06 bits per heavy atom. The molecule has 1 N–H and O–H groups in total. The molecule has 2 aliphatic heterocycles. The van der Waals surface area contributed by atoms with Crippen molar-refractivity contribution in [3.05, 3.63) is 66.1 Å². The van der Waals surface area contributed by atoms with E-state index in [1.54, 1.807) is 18.5 Å². The number of hydrogen-bond acceptors (Lipinski definition) is 6. The third-order valence-corrected chi connectivity index (χ3v) is 6.51. The van der Waals surface area contributed by atoms with Crippen LogP contribution >= 0.6 is 0 Å². The zero-order valence-electron chi connectivity index (χ0n) is 19.0. The lowest BCUT2D eigenvalue weighted by molar-refractivity contribution is 0.102. The van der Waals surface area contributed by atoms with Crippen molar-refractivity contribution in [2.24, 2.45) is 4.99 Å². The summed E-state index contributed by atoms with van der Waals surface area (Å²) in [6.07, 6.45) is 10.3. The van der Waals surface area contributed by atoms with Gasteiger partial charge in [0.15, 0.2) is 0 Å². The van der Waals surface area contributed by atoms with E-state index in [0.29, 0.717) is 17.4 Å². The Kier molecular flexibility index (Phi) is 5.88. The maximum absolute atomic E-state index is 13.0. The zero-order valence-corrected chi connectivity index (χ0v) is 19.0. The second-order valence-electron chi connectivity index (χ2n) is 8.86. The Morgan fingerprint density at radius 2 is 1.91 bits per heavy atom. The predicted molar refractivity (Wildman–Crippen MR) is 134 cm³/mol. The molecule has 1 saturated heterocycles. The predicted octanol–water partition coefficient (Wildman–Crippen LogP) is 4.23. The van der Waals surface area contributed by atoms with Crippen molar-refractivity contribution >= 4 is 40.1 Å². The Morgan fingerprint density at radius 3 is 2.67 bits per heavy atom. The summed E-state index contributed by atoms with van der Waals surface area (Å²) < 4.78 is 0. The van der Waals surface area contributed by atoms with Gasteiger partial charge in [-0.3, -0.25) is 9.79 Å². The van der Waals surface area contributed by atoms with Crippen LogP contribution in [0.25, 0.3) is 16.3 Å². The number of fused-ring (bicyclic) bond motifs is 1. The summed E-state index contributed by atoms with van der Waals surface area (Å²) in [4.78, 5) is 30.7. The van der Waals surface area contributed by atoms with Gasteiger partial charge in [0.05, 0.1) is 0 Å². The molecule has 1 fully saturated rings. The van der Waals surface area contributed by atoms with Gasteiger partial charge in [0.1, 0.15) is 11.6 Å². The number of amides is 1. The molecule has 1 aromatic carbocycles. The summed E-state index contributed by atoms with van der Waals surface area (Å²) in [6, 6.07) is 12.4. The van der Waals surface area contributed by atoms with Crippen molar-refractivity contribution in [1.29, 1.82) is 0 Å². The highest BCUT2D eigenvalue weighted by molar-refractivity contribution is 6.05. The average molecular weight is 441 g/mol. The molecule has 2 aromatic heterocycles. The number of carbonyl (C=O) groups excluding carboxylic acids is 1. The molecule has 33 heavy (non-hydrogen) atoms. The quantitative estimate of drug-likeness (QED) is 0.643. The third-order valence-electron chi connectivity index (χ3n) is 6.51. The highest BCUT2D eigenvalue weighted by Gasteiger charge is 2.22. The average Bonchev–Trinajstić information content (AvgIpc) is 3.39. The molecule has 4 heterocycles. The highest BCUT2D eigenvalue weighted by atomic mass is 16.1. The molecule has 0 saturated carbocycles. The summed E-state index contributed by atoms with van der Waals surface area (Å²) >= 11 is 0. The van der Waals surface area contributed by atoms with Crippen molar-refractivity contribution in [2.45, 2.75) is 25.3 Å². The summed E-state index contributed by atoms with van der Waals surface area (Å²) in [5, 5.41) is 5.01. The molecular weight excluding hydrogens is 412 g/mol. The molecule has 0 atom stereocenters. The topological polar surface area (TPSA) is 73.7 Å². The number of aliphatic imine (C=N–C) groups is 1. The van der Waals surface area contributed by atoms with E-state index in [1.807, 2.05) is 24.5 Å². The molecule has 0 radical (unpaired) electrons. The molecule has 5 rings (SSSR count). The van der Waals surface area contributed by atoms with Crippen LogP contribution in [-0.4, -0.2) is 60.2 Å². The van der Waals surface area contributed by atoms with Gasteiger partial charge in [-0.05, 0) is 67.7 Å². The molecular formula is C26H28N6O. The van der Waals surface area contributed by atoms with E-state index in [2.05, 4.69) is 62.4 Å². The van der Waals surface area contributed by atoms with Crippen LogP contribution in [0.2, 0.25) is 0 Å². The Labute approximate surface area is 193 Å². The Hall–Kier alpha value is -3.58.